The average molecular weight is 386 g/mol. The number of carbonyl (C=O) groups is 1. The molecule has 1 N–H and O–H groups in total. The molecule has 3 aromatic rings. The predicted octanol–water partition coefficient (Wildman–Crippen LogP) is 3.95. The van der Waals surface area contributed by atoms with Gasteiger partial charge in [0.25, 0.3) is 0 Å². The molecule has 2 aromatic heterocycles. The van der Waals surface area contributed by atoms with Gasteiger partial charge in [-0.25, -0.2) is 4.98 Å². The molecule has 0 radical (unpaired) electrons. The summed E-state index contributed by atoms with van der Waals surface area (Å²) in [6.07, 6.45) is 1.65. The van der Waals surface area contributed by atoms with Crippen LogP contribution in [-0.2, 0) is 11.3 Å². The van der Waals surface area contributed by atoms with Crippen molar-refractivity contribution in [2.45, 2.75) is 13.5 Å². The second kappa shape index (κ2) is 7.48. The van der Waals surface area contributed by atoms with Crippen LogP contribution in [0.25, 0.3) is 10.9 Å². The van der Waals surface area contributed by atoms with Gasteiger partial charge < -0.3 is 19.4 Å². The number of halogens is 1. The highest BCUT2D eigenvalue weighted by Gasteiger charge is 2.29. The van der Waals surface area contributed by atoms with E-state index in [0.717, 1.165) is 35.4 Å². The topological polar surface area (TPSA) is 67.6 Å². The van der Waals surface area contributed by atoms with Crippen molar-refractivity contribution >= 4 is 34.1 Å². The molecule has 7 heteroatoms. The molecule has 4 rings (SSSR count). The first-order valence-electron chi connectivity index (χ1n) is 8.84. The maximum absolute atomic E-state index is 11.3. The predicted molar refractivity (Wildman–Crippen MR) is 104 cm³/mol. The highest BCUT2D eigenvalue weighted by Crippen LogP contribution is 2.32. The summed E-state index contributed by atoms with van der Waals surface area (Å²) in [5.74, 6) is 1.98. The third-order valence-electron chi connectivity index (χ3n) is 4.68. The number of hydrogen-bond acceptors (Lipinski definition) is 5. The van der Waals surface area contributed by atoms with Crippen LogP contribution in [0.3, 0.4) is 0 Å². The highest BCUT2D eigenvalue weighted by atomic mass is 35.5. The van der Waals surface area contributed by atoms with Crippen molar-refractivity contribution in [3.63, 3.8) is 0 Å². The van der Waals surface area contributed by atoms with Gasteiger partial charge in [0.1, 0.15) is 22.2 Å². The van der Waals surface area contributed by atoms with E-state index in [1.807, 2.05) is 35.2 Å². The first-order valence-corrected chi connectivity index (χ1v) is 9.22. The molecule has 0 spiro atoms. The molecule has 3 heterocycles. The number of nitrogens with one attached hydrogen (secondary N) is 1. The van der Waals surface area contributed by atoms with Crippen molar-refractivity contribution in [2.24, 2.45) is 5.92 Å². The summed E-state index contributed by atoms with van der Waals surface area (Å²) >= 11 is 6.24. The van der Waals surface area contributed by atoms with Crippen molar-refractivity contribution in [1.82, 2.24) is 9.88 Å². The van der Waals surface area contributed by atoms with Crippen molar-refractivity contribution in [1.29, 1.82) is 0 Å². The fraction of sp³-hybridized carbons (Fsp3) is 0.300. The Morgan fingerprint density at radius 1 is 1.37 bits per heavy atom. The Labute approximate surface area is 162 Å². The molecule has 1 saturated heterocycles. The van der Waals surface area contributed by atoms with E-state index >= 15 is 0 Å². The zero-order valence-electron chi connectivity index (χ0n) is 14.9. The molecule has 0 unspecified atom stereocenters. The smallest absolute Gasteiger partial charge is 0.219 e. The summed E-state index contributed by atoms with van der Waals surface area (Å²) in [4.78, 5) is 17.6. The van der Waals surface area contributed by atoms with Crippen LogP contribution in [0.2, 0.25) is 5.15 Å². The van der Waals surface area contributed by atoms with Gasteiger partial charge in [0, 0.05) is 37.0 Å². The summed E-state index contributed by atoms with van der Waals surface area (Å²) in [7, 11) is 0. The van der Waals surface area contributed by atoms with Crippen molar-refractivity contribution < 1.29 is 13.9 Å². The highest BCUT2D eigenvalue weighted by molar-refractivity contribution is 6.30. The number of furan rings is 1. The first-order chi connectivity index (χ1) is 13.1. The number of ether oxygens (including phenoxy) is 1. The van der Waals surface area contributed by atoms with E-state index in [9.17, 15) is 4.79 Å². The Bertz CT molecular complexity index is 953. The minimum Gasteiger partial charge on any atom is -0.491 e. The molecule has 0 bridgehead atoms. The van der Waals surface area contributed by atoms with Gasteiger partial charge in [-0.2, -0.15) is 0 Å². The molecule has 1 amide bonds. The number of rotatable bonds is 6. The van der Waals surface area contributed by atoms with Gasteiger partial charge in [-0.05, 0) is 24.3 Å². The van der Waals surface area contributed by atoms with Gasteiger partial charge in [0.05, 0.1) is 19.4 Å². The van der Waals surface area contributed by atoms with Crippen LogP contribution in [0.1, 0.15) is 12.7 Å². The molecular weight excluding hydrogens is 366 g/mol. The third-order valence-corrected chi connectivity index (χ3v) is 4.88. The number of fused-ring (bicyclic) bond motifs is 1. The molecular formula is C20H20ClN3O3. The molecule has 27 heavy (non-hydrogen) atoms. The number of anilines is 1. The number of nitrogens with zero attached hydrogens (tertiary/aromatic N) is 2. The van der Waals surface area contributed by atoms with Crippen LogP contribution in [0, 0.1) is 5.92 Å². The molecule has 1 aliphatic heterocycles. The lowest BCUT2D eigenvalue weighted by Crippen LogP contribution is -2.51. The van der Waals surface area contributed by atoms with Gasteiger partial charge in [-0.1, -0.05) is 23.7 Å². The van der Waals surface area contributed by atoms with Gasteiger partial charge in [-0.15, -0.1) is 0 Å². The van der Waals surface area contributed by atoms with Crippen LogP contribution in [-0.4, -0.2) is 35.5 Å². The van der Waals surface area contributed by atoms with Crippen LogP contribution in [0.4, 0.5) is 5.69 Å². The van der Waals surface area contributed by atoms with Crippen molar-refractivity contribution in [3.05, 3.63) is 53.6 Å². The normalized spacial score (nSPS) is 14.2. The quantitative estimate of drug-likeness (QED) is 0.651. The maximum Gasteiger partial charge on any atom is 0.219 e. The molecule has 6 nitrogen and oxygen atoms in total. The third kappa shape index (κ3) is 3.85. The SMILES string of the molecule is CC(=O)N1CC(COc2cccc3c(NCc4ccco4)cc(Cl)nc23)C1. The van der Waals surface area contributed by atoms with Crippen molar-refractivity contribution in [3.8, 4) is 5.75 Å². The van der Waals surface area contributed by atoms with Crippen molar-refractivity contribution in [2.75, 3.05) is 25.0 Å². The van der Waals surface area contributed by atoms with Gasteiger partial charge in [0.2, 0.25) is 5.91 Å². The van der Waals surface area contributed by atoms with Crippen LogP contribution in [0.5, 0.6) is 5.75 Å². The minimum absolute atomic E-state index is 0.108. The van der Waals surface area contributed by atoms with Crippen LogP contribution >= 0.6 is 11.6 Å². The lowest BCUT2D eigenvalue weighted by Gasteiger charge is -2.38. The van der Waals surface area contributed by atoms with E-state index in [0.29, 0.717) is 30.0 Å². The van der Waals surface area contributed by atoms with E-state index < -0.39 is 0 Å². The summed E-state index contributed by atoms with van der Waals surface area (Å²) in [5, 5.41) is 4.67. The molecule has 0 saturated carbocycles. The maximum atomic E-state index is 11.3. The Balaban J connectivity index is 1.51. The summed E-state index contributed by atoms with van der Waals surface area (Å²) < 4.78 is 11.4. The van der Waals surface area contributed by atoms with E-state index in [1.54, 1.807) is 19.3 Å². The van der Waals surface area contributed by atoms with E-state index in [-0.39, 0.29) is 5.91 Å². The van der Waals surface area contributed by atoms with E-state index in [1.165, 1.54) is 0 Å². The van der Waals surface area contributed by atoms with E-state index in [2.05, 4.69) is 10.3 Å². The Morgan fingerprint density at radius 3 is 2.96 bits per heavy atom. The Morgan fingerprint density at radius 2 is 2.22 bits per heavy atom. The first kappa shape index (κ1) is 17.7. The summed E-state index contributed by atoms with van der Waals surface area (Å²) in [5.41, 5.74) is 1.59. The Hall–Kier alpha value is -2.73. The molecule has 1 aliphatic rings. The number of likely N-dealkylation sites (tertiary alicyclic amines) is 1. The minimum atomic E-state index is 0.108. The summed E-state index contributed by atoms with van der Waals surface area (Å²) in [6, 6.07) is 11.4. The van der Waals surface area contributed by atoms with Gasteiger partial charge >= 0.3 is 0 Å². The second-order valence-electron chi connectivity index (χ2n) is 6.68. The number of aromatic nitrogens is 1. The zero-order chi connectivity index (χ0) is 18.8. The Kier molecular flexibility index (Phi) is 4.90. The number of carbonyl (C=O) groups excluding carboxylic acids is 1. The monoisotopic (exact) mass is 385 g/mol. The number of amides is 1. The standard InChI is InChI=1S/C20H20ClN3O3/c1-13(25)24-10-14(11-24)12-27-18-6-2-5-16-17(8-19(21)23-20(16)18)22-9-15-4-3-7-26-15/h2-8,14H,9-12H2,1H3,(H,22,23). The summed E-state index contributed by atoms with van der Waals surface area (Å²) in [6.45, 7) is 4.17. The number of hydrogen-bond donors (Lipinski definition) is 1. The molecule has 0 atom stereocenters. The van der Waals surface area contributed by atoms with E-state index in [4.69, 9.17) is 20.8 Å². The molecule has 140 valence electrons. The fourth-order valence-electron chi connectivity index (χ4n) is 3.19. The van der Waals surface area contributed by atoms with Gasteiger partial charge in [0.15, 0.2) is 0 Å². The largest absolute Gasteiger partial charge is 0.491 e. The molecule has 1 aromatic carbocycles. The number of benzene rings is 1. The zero-order valence-corrected chi connectivity index (χ0v) is 15.7. The molecule has 1 fully saturated rings. The lowest BCUT2D eigenvalue weighted by atomic mass is 10.0. The second-order valence-corrected chi connectivity index (χ2v) is 7.07. The average Bonchev–Trinajstić information content (AvgIpc) is 3.11. The van der Waals surface area contributed by atoms with Crippen LogP contribution < -0.4 is 10.1 Å². The van der Waals surface area contributed by atoms with Crippen LogP contribution in [0.15, 0.2) is 47.1 Å². The number of pyridine rings is 1. The number of para-hydroxylation sites is 1. The fourth-order valence-corrected chi connectivity index (χ4v) is 3.38. The lowest BCUT2D eigenvalue weighted by molar-refractivity contribution is -0.135. The van der Waals surface area contributed by atoms with Gasteiger partial charge in [-0.3, -0.25) is 4.79 Å². The molecule has 0 aliphatic carbocycles.